The summed E-state index contributed by atoms with van der Waals surface area (Å²) >= 11 is 0. The van der Waals surface area contributed by atoms with Gasteiger partial charge < -0.3 is 11.1 Å². The second-order valence-corrected chi connectivity index (χ2v) is 4.20. The largest absolute Gasteiger partial charge is 0.369 e. The highest BCUT2D eigenvalue weighted by atomic mass is 16.6. The minimum Gasteiger partial charge on any atom is -0.369 e. The number of aliphatic imine (C=N–C) groups is 1. The van der Waals surface area contributed by atoms with Crippen LogP contribution in [0.4, 0.5) is 22.7 Å². The molecule has 2 rings (SSSR count). The third-order valence-electron chi connectivity index (χ3n) is 2.66. The Kier molecular flexibility index (Phi) is 4.27. The Hall–Kier alpha value is -3.49. The monoisotopic (exact) mass is 301 g/mol. The van der Waals surface area contributed by atoms with E-state index in [-0.39, 0.29) is 17.3 Å². The summed E-state index contributed by atoms with van der Waals surface area (Å²) in [5, 5.41) is 23.8. The fourth-order valence-electron chi connectivity index (χ4n) is 1.63. The molecular weight excluding hydrogens is 290 g/mol. The molecule has 112 valence electrons. The number of nitro groups is 2. The number of non-ortho nitro benzene ring substituents is 2. The molecular formula is C13H11N5O4. The van der Waals surface area contributed by atoms with Gasteiger partial charge in [0, 0.05) is 30.0 Å². The predicted octanol–water partition coefficient (Wildman–Crippen LogP) is 2.56. The van der Waals surface area contributed by atoms with E-state index in [4.69, 9.17) is 5.73 Å². The first kappa shape index (κ1) is 14.9. The average Bonchev–Trinajstić information content (AvgIpc) is 2.48. The second-order valence-electron chi connectivity index (χ2n) is 4.20. The molecule has 0 saturated carbocycles. The summed E-state index contributed by atoms with van der Waals surface area (Å²) in [4.78, 5) is 24.1. The van der Waals surface area contributed by atoms with E-state index < -0.39 is 9.85 Å². The van der Waals surface area contributed by atoms with Crippen molar-refractivity contribution in [1.82, 2.24) is 0 Å². The molecule has 22 heavy (non-hydrogen) atoms. The van der Waals surface area contributed by atoms with Crippen LogP contribution in [0.15, 0.2) is 53.5 Å². The summed E-state index contributed by atoms with van der Waals surface area (Å²) in [6, 6.07) is 11.2. The number of hydrogen-bond acceptors (Lipinski definition) is 5. The molecule has 0 heterocycles. The first-order chi connectivity index (χ1) is 10.5. The Morgan fingerprint density at radius 1 is 0.909 bits per heavy atom. The number of nitrogens with zero attached hydrogens (tertiary/aromatic N) is 3. The van der Waals surface area contributed by atoms with E-state index >= 15 is 0 Å². The molecule has 0 radical (unpaired) electrons. The lowest BCUT2D eigenvalue weighted by Gasteiger charge is -2.05. The zero-order chi connectivity index (χ0) is 16.1. The maximum Gasteiger partial charge on any atom is 0.269 e. The Morgan fingerprint density at radius 3 is 1.82 bits per heavy atom. The fraction of sp³-hybridized carbons (Fsp3) is 0. The highest BCUT2D eigenvalue weighted by molar-refractivity contribution is 5.94. The van der Waals surface area contributed by atoms with Crippen LogP contribution < -0.4 is 11.1 Å². The van der Waals surface area contributed by atoms with E-state index in [9.17, 15) is 20.2 Å². The van der Waals surface area contributed by atoms with Crippen LogP contribution in [0.2, 0.25) is 0 Å². The minimum atomic E-state index is -0.508. The van der Waals surface area contributed by atoms with Crippen molar-refractivity contribution in [3.05, 3.63) is 68.8 Å². The summed E-state index contributed by atoms with van der Waals surface area (Å²) < 4.78 is 0. The van der Waals surface area contributed by atoms with Gasteiger partial charge in [-0.05, 0) is 24.3 Å². The highest BCUT2D eigenvalue weighted by Crippen LogP contribution is 2.19. The predicted molar refractivity (Wildman–Crippen MR) is 81.1 cm³/mol. The SMILES string of the molecule is NC(=Nc1ccc([N+](=O)[O-])cc1)Nc1ccc([N+](=O)[O-])cc1. The van der Waals surface area contributed by atoms with Crippen molar-refractivity contribution in [2.24, 2.45) is 10.7 Å². The molecule has 0 fully saturated rings. The first-order valence-corrected chi connectivity index (χ1v) is 6.06. The summed E-state index contributed by atoms with van der Waals surface area (Å²) in [5.74, 6) is 0.0581. The molecule has 0 aliphatic rings. The topological polar surface area (TPSA) is 137 Å². The second kappa shape index (κ2) is 6.31. The highest BCUT2D eigenvalue weighted by Gasteiger charge is 2.05. The summed E-state index contributed by atoms with van der Waals surface area (Å²) in [5.41, 5.74) is 6.61. The smallest absolute Gasteiger partial charge is 0.269 e. The van der Waals surface area contributed by atoms with Gasteiger partial charge in [0.2, 0.25) is 0 Å². The van der Waals surface area contributed by atoms with Crippen molar-refractivity contribution < 1.29 is 9.85 Å². The Labute approximate surface area is 124 Å². The third-order valence-corrected chi connectivity index (χ3v) is 2.66. The van der Waals surface area contributed by atoms with Crippen LogP contribution >= 0.6 is 0 Å². The molecule has 0 aromatic heterocycles. The molecule has 0 unspecified atom stereocenters. The number of nitrogens with two attached hydrogens (primary N) is 1. The molecule has 9 heteroatoms. The molecule has 0 aliphatic heterocycles. The van der Waals surface area contributed by atoms with E-state index in [0.717, 1.165) is 0 Å². The van der Waals surface area contributed by atoms with E-state index in [1.54, 1.807) is 0 Å². The van der Waals surface area contributed by atoms with Crippen LogP contribution in [0.1, 0.15) is 0 Å². The number of guanidine groups is 1. The van der Waals surface area contributed by atoms with Crippen LogP contribution in [0, 0.1) is 20.2 Å². The van der Waals surface area contributed by atoms with E-state index in [0.29, 0.717) is 11.4 Å². The molecule has 3 N–H and O–H groups in total. The lowest BCUT2D eigenvalue weighted by molar-refractivity contribution is -0.385. The molecule has 0 bridgehead atoms. The van der Waals surface area contributed by atoms with Crippen LogP contribution in [0.5, 0.6) is 0 Å². The Morgan fingerprint density at radius 2 is 1.36 bits per heavy atom. The van der Waals surface area contributed by atoms with Crippen molar-refractivity contribution >= 4 is 28.7 Å². The first-order valence-electron chi connectivity index (χ1n) is 6.06. The van der Waals surface area contributed by atoms with Crippen molar-refractivity contribution in [3.63, 3.8) is 0 Å². The van der Waals surface area contributed by atoms with Crippen molar-refractivity contribution in [2.75, 3.05) is 5.32 Å². The van der Waals surface area contributed by atoms with Crippen molar-refractivity contribution in [3.8, 4) is 0 Å². The molecule has 0 aliphatic carbocycles. The standard InChI is InChI=1S/C13H11N5O4/c14-13(15-9-1-5-11(6-2-9)17(19)20)16-10-3-7-12(8-4-10)18(21)22/h1-8H,(H3,14,15,16). The number of rotatable bonds is 4. The zero-order valence-corrected chi connectivity index (χ0v) is 11.2. The lowest BCUT2D eigenvalue weighted by atomic mass is 10.3. The lowest BCUT2D eigenvalue weighted by Crippen LogP contribution is -2.21. The minimum absolute atomic E-state index is 0.0311. The van der Waals surface area contributed by atoms with Gasteiger partial charge in [-0.3, -0.25) is 20.2 Å². The van der Waals surface area contributed by atoms with Gasteiger partial charge in [-0.2, -0.15) is 0 Å². The van der Waals surface area contributed by atoms with Crippen molar-refractivity contribution in [2.45, 2.75) is 0 Å². The number of nitro benzene ring substituents is 2. The molecule has 0 spiro atoms. The van der Waals surface area contributed by atoms with E-state index in [1.807, 2.05) is 0 Å². The molecule has 9 nitrogen and oxygen atoms in total. The maximum absolute atomic E-state index is 10.5. The Balaban J connectivity index is 2.08. The average molecular weight is 301 g/mol. The summed E-state index contributed by atoms with van der Waals surface area (Å²) in [6.45, 7) is 0. The fourth-order valence-corrected chi connectivity index (χ4v) is 1.63. The molecule has 2 aromatic rings. The number of hydrogen-bond donors (Lipinski definition) is 2. The van der Waals surface area contributed by atoms with Crippen molar-refractivity contribution in [1.29, 1.82) is 0 Å². The third kappa shape index (κ3) is 3.76. The van der Waals surface area contributed by atoms with Crippen LogP contribution in [0.25, 0.3) is 0 Å². The van der Waals surface area contributed by atoms with Gasteiger partial charge in [0.05, 0.1) is 15.5 Å². The molecule has 2 aromatic carbocycles. The van der Waals surface area contributed by atoms with Crippen LogP contribution in [-0.2, 0) is 0 Å². The van der Waals surface area contributed by atoms with Crippen LogP contribution in [-0.4, -0.2) is 15.8 Å². The number of anilines is 1. The number of nitrogens with one attached hydrogen (secondary N) is 1. The Bertz CT molecular complexity index is 725. The summed E-state index contributed by atoms with van der Waals surface area (Å²) in [7, 11) is 0. The quantitative estimate of drug-likeness (QED) is 0.385. The zero-order valence-electron chi connectivity index (χ0n) is 11.2. The van der Waals surface area contributed by atoms with Gasteiger partial charge in [-0.25, -0.2) is 4.99 Å². The molecule has 0 amide bonds. The van der Waals surface area contributed by atoms with E-state index in [2.05, 4.69) is 10.3 Å². The summed E-state index contributed by atoms with van der Waals surface area (Å²) in [6.07, 6.45) is 0. The van der Waals surface area contributed by atoms with Gasteiger partial charge in [0.15, 0.2) is 5.96 Å². The maximum atomic E-state index is 10.5. The van der Waals surface area contributed by atoms with Gasteiger partial charge in [-0.15, -0.1) is 0 Å². The van der Waals surface area contributed by atoms with Gasteiger partial charge in [0.25, 0.3) is 11.4 Å². The molecule has 0 saturated heterocycles. The van der Waals surface area contributed by atoms with Gasteiger partial charge >= 0.3 is 0 Å². The van der Waals surface area contributed by atoms with Crippen LogP contribution in [0.3, 0.4) is 0 Å². The van der Waals surface area contributed by atoms with E-state index in [1.165, 1.54) is 48.5 Å². The van der Waals surface area contributed by atoms with Gasteiger partial charge in [0.1, 0.15) is 0 Å². The normalized spacial score (nSPS) is 11.0. The van der Waals surface area contributed by atoms with Gasteiger partial charge in [-0.1, -0.05) is 0 Å². The molecule has 0 atom stereocenters. The number of benzene rings is 2.